The van der Waals surface area contributed by atoms with Gasteiger partial charge in [-0.25, -0.2) is 0 Å². The van der Waals surface area contributed by atoms with Crippen LogP contribution in [0.25, 0.3) is 0 Å². The molecule has 2 amide bonds. The number of ether oxygens (including phenoxy) is 1. The van der Waals surface area contributed by atoms with E-state index in [9.17, 15) is 14.4 Å². The number of nitrogens with one attached hydrogen (secondary N) is 2. The van der Waals surface area contributed by atoms with Gasteiger partial charge in [-0.2, -0.15) is 0 Å². The van der Waals surface area contributed by atoms with Crippen LogP contribution in [0.4, 0.5) is 5.69 Å². The zero-order valence-corrected chi connectivity index (χ0v) is 12.5. The van der Waals surface area contributed by atoms with Crippen molar-refractivity contribution in [2.24, 2.45) is 0 Å². The zero-order valence-electron chi connectivity index (χ0n) is 12.5. The first kappa shape index (κ1) is 17.1. The van der Waals surface area contributed by atoms with Crippen LogP contribution < -0.4 is 10.1 Å². The van der Waals surface area contributed by atoms with E-state index in [2.05, 4.69) is 5.32 Å². The minimum atomic E-state index is -0.514. The van der Waals surface area contributed by atoms with E-state index in [0.717, 1.165) is 12.2 Å². The number of carbonyl (C=O) groups excluding carboxylic acids is 3. The molecule has 1 aromatic carbocycles. The van der Waals surface area contributed by atoms with Crippen LogP contribution in [-0.4, -0.2) is 49.9 Å². The second-order valence-corrected chi connectivity index (χ2v) is 4.51. The molecule has 0 heterocycles. The smallest absolute Gasteiger partial charge is 0.257 e. The lowest BCUT2D eigenvalue weighted by Crippen LogP contribution is -2.22. The number of allylic oxidation sites excluding steroid dienone is 1. The number of methoxy groups -OCH3 is 1. The van der Waals surface area contributed by atoms with Crippen LogP contribution in [-0.2, 0) is 9.59 Å². The fourth-order valence-electron chi connectivity index (χ4n) is 1.58. The molecule has 0 spiro atoms. The Balaban J connectivity index is 2.97. The van der Waals surface area contributed by atoms with Gasteiger partial charge in [0.2, 0.25) is 5.91 Å². The molecule has 0 radical (unpaired) electrons. The van der Waals surface area contributed by atoms with Crippen molar-refractivity contribution in [2.75, 3.05) is 26.5 Å². The van der Waals surface area contributed by atoms with Gasteiger partial charge in [-0.05, 0) is 24.3 Å². The SMILES string of the molecule is COc1ccc(NC(=O)/C=C\C(=N)C=O)cc1C(=O)N(C)C. The molecule has 1 aromatic rings. The monoisotopic (exact) mass is 303 g/mol. The third-order valence-electron chi connectivity index (χ3n) is 2.64. The number of benzene rings is 1. The van der Waals surface area contributed by atoms with Crippen molar-refractivity contribution in [3.63, 3.8) is 0 Å². The summed E-state index contributed by atoms with van der Waals surface area (Å²) in [5.41, 5.74) is 0.404. The Bertz CT molecular complexity index is 636. The molecule has 0 saturated heterocycles. The highest BCUT2D eigenvalue weighted by Crippen LogP contribution is 2.23. The van der Waals surface area contributed by atoms with Crippen molar-refractivity contribution in [3.05, 3.63) is 35.9 Å². The molecule has 2 N–H and O–H groups in total. The molecule has 0 atom stereocenters. The topological polar surface area (TPSA) is 99.6 Å². The maximum absolute atomic E-state index is 12.1. The molecule has 116 valence electrons. The first-order valence-electron chi connectivity index (χ1n) is 6.31. The van der Waals surface area contributed by atoms with E-state index in [4.69, 9.17) is 10.1 Å². The molecule has 7 nitrogen and oxygen atoms in total. The second-order valence-electron chi connectivity index (χ2n) is 4.51. The van der Waals surface area contributed by atoms with E-state index in [1.807, 2.05) is 0 Å². The molecule has 0 aliphatic carbocycles. The summed E-state index contributed by atoms with van der Waals surface area (Å²) >= 11 is 0. The molecule has 0 saturated carbocycles. The Morgan fingerprint density at radius 1 is 1.27 bits per heavy atom. The van der Waals surface area contributed by atoms with Crippen molar-refractivity contribution in [1.82, 2.24) is 4.90 Å². The summed E-state index contributed by atoms with van der Waals surface area (Å²) in [5.74, 6) is -0.374. The highest BCUT2D eigenvalue weighted by atomic mass is 16.5. The Kier molecular flexibility index (Phi) is 6.00. The maximum atomic E-state index is 12.1. The first-order valence-corrected chi connectivity index (χ1v) is 6.31. The molecule has 1 rings (SSSR count). The fraction of sp³-hybridized carbons (Fsp3) is 0.200. The molecule has 0 unspecified atom stereocenters. The van der Waals surface area contributed by atoms with Gasteiger partial charge in [0.15, 0.2) is 6.29 Å². The number of anilines is 1. The summed E-state index contributed by atoms with van der Waals surface area (Å²) in [7, 11) is 4.68. The van der Waals surface area contributed by atoms with Crippen molar-refractivity contribution in [2.45, 2.75) is 0 Å². The van der Waals surface area contributed by atoms with Gasteiger partial charge in [0, 0.05) is 25.9 Å². The number of carbonyl (C=O) groups is 3. The molecule has 0 bridgehead atoms. The Morgan fingerprint density at radius 3 is 2.50 bits per heavy atom. The largest absolute Gasteiger partial charge is 0.496 e. The molecule has 22 heavy (non-hydrogen) atoms. The Hall–Kier alpha value is -2.96. The van der Waals surface area contributed by atoms with E-state index in [-0.39, 0.29) is 11.6 Å². The summed E-state index contributed by atoms with van der Waals surface area (Å²) < 4.78 is 5.13. The molecule has 7 heteroatoms. The average molecular weight is 303 g/mol. The van der Waals surface area contributed by atoms with Crippen molar-refractivity contribution in [3.8, 4) is 5.75 Å². The molecule has 0 aliphatic rings. The lowest BCUT2D eigenvalue weighted by molar-refractivity contribution is -0.111. The van der Waals surface area contributed by atoms with Crippen molar-refractivity contribution < 1.29 is 19.1 Å². The van der Waals surface area contributed by atoms with Crippen LogP contribution in [0.5, 0.6) is 5.75 Å². The second kappa shape index (κ2) is 7.72. The molecular weight excluding hydrogens is 286 g/mol. The van der Waals surface area contributed by atoms with Crippen LogP contribution in [0.1, 0.15) is 10.4 Å². The van der Waals surface area contributed by atoms with Gasteiger partial charge < -0.3 is 15.0 Å². The van der Waals surface area contributed by atoms with Crippen LogP contribution in [0.3, 0.4) is 0 Å². The number of nitrogens with zero attached hydrogens (tertiary/aromatic N) is 1. The standard InChI is InChI=1S/C15H17N3O4/c1-18(2)15(21)12-8-11(5-6-13(12)22-3)17-14(20)7-4-10(16)9-19/h4-9,16H,1-3H3,(H,17,20)/b7-4-,16-10?. The van der Waals surface area contributed by atoms with Crippen LogP contribution >= 0.6 is 0 Å². The van der Waals surface area contributed by atoms with Gasteiger partial charge in [0.25, 0.3) is 5.91 Å². The highest BCUT2D eigenvalue weighted by Gasteiger charge is 2.15. The molecule has 0 fully saturated rings. The van der Waals surface area contributed by atoms with Crippen molar-refractivity contribution >= 4 is 29.5 Å². The van der Waals surface area contributed by atoms with Crippen LogP contribution in [0, 0.1) is 5.41 Å². The Labute approximate surface area is 128 Å². The molecule has 0 aliphatic heterocycles. The number of aldehydes is 1. The van der Waals surface area contributed by atoms with Crippen LogP contribution in [0.2, 0.25) is 0 Å². The third-order valence-corrected chi connectivity index (χ3v) is 2.64. The van der Waals surface area contributed by atoms with E-state index in [1.54, 1.807) is 26.2 Å². The fourth-order valence-corrected chi connectivity index (χ4v) is 1.58. The predicted octanol–water partition coefficient (Wildman–Crippen LogP) is 1.11. The van der Waals surface area contributed by atoms with Crippen molar-refractivity contribution in [1.29, 1.82) is 5.41 Å². The summed E-state index contributed by atoms with van der Waals surface area (Å²) in [6.45, 7) is 0. The molecular formula is C15H17N3O4. The number of amides is 2. The van der Waals surface area contributed by atoms with E-state index in [1.165, 1.54) is 18.1 Å². The lowest BCUT2D eigenvalue weighted by atomic mass is 10.1. The van der Waals surface area contributed by atoms with Gasteiger partial charge in [-0.1, -0.05) is 0 Å². The number of rotatable bonds is 6. The lowest BCUT2D eigenvalue weighted by Gasteiger charge is -2.14. The minimum absolute atomic E-state index is 0.258. The maximum Gasteiger partial charge on any atom is 0.257 e. The van der Waals surface area contributed by atoms with Gasteiger partial charge >= 0.3 is 0 Å². The van der Waals surface area contributed by atoms with E-state index in [0.29, 0.717) is 23.3 Å². The summed E-state index contributed by atoms with van der Waals surface area (Å²) in [4.78, 5) is 35.4. The van der Waals surface area contributed by atoms with E-state index >= 15 is 0 Å². The van der Waals surface area contributed by atoms with Gasteiger partial charge in [0.05, 0.1) is 18.4 Å². The first-order chi connectivity index (χ1) is 10.4. The van der Waals surface area contributed by atoms with Gasteiger partial charge in [-0.3, -0.25) is 19.8 Å². The summed E-state index contributed by atoms with van der Waals surface area (Å²) in [5, 5.41) is 9.64. The summed E-state index contributed by atoms with van der Waals surface area (Å²) in [6, 6.07) is 4.66. The molecule has 0 aromatic heterocycles. The van der Waals surface area contributed by atoms with Gasteiger partial charge in [-0.15, -0.1) is 0 Å². The Morgan fingerprint density at radius 2 is 1.95 bits per heavy atom. The van der Waals surface area contributed by atoms with E-state index < -0.39 is 5.91 Å². The highest BCUT2D eigenvalue weighted by molar-refractivity contribution is 6.33. The number of hydrogen-bond acceptors (Lipinski definition) is 5. The zero-order chi connectivity index (χ0) is 16.7. The predicted molar refractivity (Wildman–Crippen MR) is 82.6 cm³/mol. The van der Waals surface area contributed by atoms with Crippen LogP contribution in [0.15, 0.2) is 30.4 Å². The summed E-state index contributed by atoms with van der Waals surface area (Å²) in [6.07, 6.45) is 2.47. The quantitative estimate of drug-likeness (QED) is 0.467. The minimum Gasteiger partial charge on any atom is -0.496 e. The number of hydrogen-bond donors (Lipinski definition) is 2. The van der Waals surface area contributed by atoms with Gasteiger partial charge in [0.1, 0.15) is 5.75 Å². The normalized spacial score (nSPS) is 10.1. The third kappa shape index (κ3) is 4.55. The average Bonchev–Trinajstić information content (AvgIpc) is 2.51.